The monoisotopic (exact) mass is 439 g/mol. The lowest BCUT2D eigenvalue weighted by Crippen LogP contribution is -2.10. The topological polar surface area (TPSA) is 119 Å². The molecule has 5 rings (SSSR count). The summed E-state index contributed by atoms with van der Waals surface area (Å²) < 4.78 is 6.96. The number of carbonyl (C=O) groups is 1. The van der Waals surface area contributed by atoms with Crippen LogP contribution in [-0.4, -0.2) is 37.9 Å². The van der Waals surface area contributed by atoms with Crippen LogP contribution in [0.25, 0.3) is 33.8 Å². The number of nitrogens with one attached hydrogen (secondary N) is 1. The molecular weight excluding hydrogens is 418 g/mol. The third kappa shape index (κ3) is 3.78. The molecular formula is C25H21N5O3. The molecule has 3 aromatic carbocycles. The molecule has 0 aliphatic carbocycles. The van der Waals surface area contributed by atoms with E-state index < -0.39 is 5.91 Å². The van der Waals surface area contributed by atoms with Crippen molar-refractivity contribution < 1.29 is 14.6 Å². The molecule has 0 atom stereocenters. The first-order valence-corrected chi connectivity index (χ1v) is 10.3. The minimum atomic E-state index is -0.528. The number of nitrogens with zero attached hydrogens (tertiary/aromatic N) is 3. The van der Waals surface area contributed by atoms with Gasteiger partial charge in [-0.3, -0.25) is 9.48 Å². The molecule has 0 unspecified atom stereocenters. The quantitative estimate of drug-likeness (QED) is 0.370. The number of methoxy groups -OCH3 is 1. The van der Waals surface area contributed by atoms with Crippen LogP contribution in [0.5, 0.6) is 11.5 Å². The molecule has 164 valence electrons. The first-order valence-electron chi connectivity index (χ1n) is 10.3. The smallest absolute Gasteiger partial charge is 0.248 e. The van der Waals surface area contributed by atoms with Crippen molar-refractivity contribution in [2.75, 3.05) is 7.11 Å². The third-order valence-electron chi connectivity index (χ3n) is 5.46. The number of ether oxygens (including phenoxy) is 1. The van der Waals surface area contributed by atoms with Crippen molar-refractivity contribution in [1.82, 2.24) is 19.7 Å². The van der Waals surface area contributed by atoms with E-state index >= 15 is 0 Å². The summed E-state index contributed by atoms with van der Waals surface area (Å²) in [5, 5.41) is 15.9. The lowest BCUT2D eigenvalue weighted by molar-refractivity contribution is 0.100. The second kappa shape index (κ2) is 8.16. The number of nitrogens with two attached hydrogens (primary N) is 1. The van der Waals surface area contributed by atoms with Gasteiger partial charge in [0.2, 0.25) is 5.91 Å². The molecule has 2 aromatic heterocycles. The van der Waals surface area contributed by atoms with Crippen LogP contribution < -0.4 is 10.5 Å². The van der Waals surface area contributed by atoms with E-state index in [4.69, 9.17) is 15.6 Å². The molecule has 0 fully saturated rings. The van der Waals surface area contributed by atoms with Crippen LogP contribution in [0.15, 0.2) is 72.8 Å². The first kappa shape index (κ1) is 20.3. The van der Waals surface area contributed by atoms with Crippen LogP contribution in [0, 0.1) is 0 Å². The highest BCUT2D eigenvalue weighted by Gasteiger charge is 2.23. The van der Waals surface area contributed by atoms with Crippen molar-refractivity contribution >= 4 is 16.9 Å². The van der Waals surface area contributed by atoms with E-state index in [0.717, 1.165) is 16.9 Å². The maximum Gasteiger partial charge on any atom is 0.248 e. The number of hydrogen-bond acceptors (Lipinski definition) is 5. The van der Waals surface area contributed by atoms with Gasteiger partial charge in [-0.15, -0.1) is 0 Å². The number of amides is 1. The van der Waals surface area contributed by atoms with Gasteiger partial charge in [-0.25, -0.2) is 4.98 Å². The van der Waals surface area contributed by atoms with E-state index in [9.17, 15) is 9.90 Å². The zero-order valence-corrected chi connectivity index (χ0v) is 17.8. The lowest BCUT2D eigenvalue weighted by atomic mass is 10.1. The van der Waals surface area contributed by atoms with Gasteiger partial charge >= 0.3 is 0 Å². The molecule has 33 heavy (non-hydrogen) atoms. The number of fused-ring (bicyclic) bond motifs is 1. The number of carbonyl (C=O) groups excluding carboxylic acids is 1. The van der Waals surface area contributed by atoms with Crippen molar-refractivity contribution in [3.05, 3.63) is 83.9 Å². The van der Waals surface area contributed by atoms with Crippen molar-refractivity contribution in [2.24, 2.45) is 5.73 Å². The maximum atomic E-state index is 11.6. The Balaban J connectivity index is 1.65. The van der Waals surface area contributed by atoms with E-state index in [2.05, 4.69) is 9.97 Å². The molecule has 8 heteroatoms. The standard InChI is InChI=1S/C25H21N5O3/c1-33-18-10-7-15(8-11-18)14-30-22(23(31)21(29-30)16-5-3-2-4-6-16)25-27-19-12-9-17(24(26)32)13-20(19)28-25/h2-13,31H,14H2,1H3,(H2,26,32)(H,27,28). The second-order valence-electron chi connectivity index (χ2n) is 7.60. The zero-order chi connectivity index (χ0) is 22.9. The van der Waals surface area contributed by atoms with Crippen molar-refractivity contribution in [2.45, 2.75) is 6.54 Å². The number of hydrogen-bond donors (Lipinski definition) is 3. The van der Waals surface area contributed by atoms with Crippen LogP contribution in [0.2, 0.25) is 0 Å². The first-order chi connectivity index (χ1) is 16.0. The zero-order valence-electron chi connectivity index (χ0n) is 17.8. The van der Waals surface area contributed by atoms with Gasteiger partial charge in [-0.2, -0.15) is 5.10 Å². The Morgan fingerprint density at radius 1 is 1.09 bits per heavy atom. The minimum Gasteiger partial charge on any atom is -0.504 e. The molecule has 0 aliphatic rings. The Morgan fingerprint density at radius 3 is 2.55 bits per heavy atom. The van der Waals surface area contributed by atoms with Gasteiger partial charge in [-0.1, -0.05) is 42.5 Å². The summed E-state index contributed by atoms with van der Waals surface area (Å²) in [6.07, 6.45) is 0. The molecule has 0 saturated carbocycles. The molecule has 0 radical (unpaired) electrons. The number of benzene rings is 3. The van der Waals surface area contributed by atoms with Crippen molar-refractivity contribution in [3.63, 3.8) is 0 Å². The second-order valence-corrected chi connectivity index (χ2v) is 7.60. The average Bonchev–Trinajstić information content (AvgIpc) is 3.39. The highest BCUT2D eigenvalue weighted by molar-refractivity contribution is 5.96. The Hall–Kier alpha value is -4.59. The normalized spacial score (nSPS) is 11.1. The summed E-state index contributed by atoms with van der Waals surface area (Å²) in [6, 6.07) is 22.1. The largest absolute Gasteiger partial charge is 0.504 e. The van der Waals surface area contributed by atoms with Crippen molar-refractivity contribution in [3.8, 4) is 34.3 Å². The van der Waals surface area contributed by atoms with Gasteiger partial charge in [0.15, 0.2) is 11.6 Å². The predicted octanol–water partition coefficient (Wildman–Crippen LogP) is 3.95. The molecule has 0 bridgehead atoms. The van der Waals surface area contributed by atoms with Gasteiger partial charge in [0, 0.05) is 11.1 Å². The van der Waals surface area contributed by atoms with E-state index in [0.29, 0.717) is 40.4 Å². The van der Waals surface area contributed by atoms with Crippen LogP contribution in [0.4, 0.5) is 0 Å². The average molecular weight is 439 g/mol. The van der Waals surface area contributed by atoms with Crippen LogP contribution in [0.3, 0.4) is 0 Å². The molecule has 1 amide bonds. The van der Waals surface area contributed by atoms with Gasteiger partial charge in [0.1, 0.15) is 17.1 Å². The Morgan fingerprint density at radius 2 is 1.85 bits per heavy atom. The van der Waals surface area contributed by atoms with Crippen LogP contribution in [0.1, 0.15) is 15.9 Å². The Labute approximate surface area is 189 Å². The van der Waals surface area contributed by atoms with Crippen LogP contribution >= 0.6 is 0 Å². The van der Waals surface area contributed by atoms with Gasteiger partial charge in [-0.05, 0) is 35.9 Å². The number of primary amides is 1. The number of imidazole rings is 1. The minimum absolute atomic E-state index is 0.0175. The van der Waals surface area contributed by atoms with Gasteiger partial charge < -0.3 is 20.6 Å². The number of H-pyrrole nitrogens is 1. The number of aromatic hydroxyl groups is 1. The molecule has 4 N–H and O–H groups in total. The fraction of sp³-hybridized carbons (Fsp3) is 0.0800. The summed E-state index contributed by atoms with van der Waals surface area (Å²) in [5.41, 5.74) is 9.72. The summed E-state index contributed by atoms with van der Waals surface area (Å²) in [6.45, 7) is 0.406. The van der Waals surface area contributed by atoms with E-state index in [1.54, 1.807) is 30.0 Å². The summed E-state index contributed by atoms with van der Waals surface area (Å²) >= 11 is 0. The van der Waals surface area contributed by atoms with E-state index in [1.165, 1.54) is 0 Å². The fourth-order valence-corrected chi connectivity index (χ4v) is 3.77. The Bertz CT molecular complexity index is 1450. The SMILES string of the molecule is COc1ccc(Cn2nc(-c3ccccc3)c(O)c2-c2nc3cc(C(N)=O)ccc3[nH]2)cc1. The molecule has 0 saturated heterocycles. The van der Waals surface area contributed by atoms with Crippen molar-refractivity contribution in [1.29, 1.82) is 0 Å². The predicted molar refractivity (Wildman–Crippen MR) is 125 cm³/mol. The molecule has 5 aromatic rings. The van der Waals surface area contributed by atoms with E-state index in [-0.39, 0.29) is 5.75 Å². The van der Waals surface area contributed by atoms with Gasteiger partial charge in [0.25, 0.3) is 0 Å². The highest BCUT2D eigenvalue weighted by Crippen LogP contribution is 2.38. The lowest BCUT2D eigenvalue weighted by Gasteiger charge is -2.07. The Kier molecular flexibility index (Phi) is 5.02. The third-order valence-corrected chi connectivity index (χ3v) is 5.46. The number of rotatable bonds is 6. The summed E-state index contributed by atoms with van der Waals surface area (Å²) in [7, 11) is 1.62. The highest BCUT2D eigenvalue weighted by atomic mass is 16.5. The molecule has 0 spiro atoms. The van der Waals surface area contributed by atoms with Gasteiger partial charge in [0.05, 0.1) is 24.7 Å². The van der Waals surface area contributed by atoms with Crippen LogP contribution in [-0.2, 0) is 6.54 Å². The number of aromatic nitrogens is 4. The molecule has 2 heterocycles. The summed E-state index contributed by atoms with van der Waals surface area (Å²) in [4.78, 5) is 19.4. The molecule has 0 aliphatic heterocycles. The van der Waals surface area contributed by atoms with E-state index in [1.807, 2.05) is 54.6 Å². The number of aromatic amines is 1. The maximum absolute atomic E-state index is 11.6. The summed E-state index contributed by atoms with van der Waals surface area (Å²) in [5.74, 6) is 0.686. The molecule has 8 nitrogen and oxygen atoms in total. The fourth-order valence-electron chi connectivity index (χ4n) is 3.77.